The fourth-order valence-corrected chi connectivity index (χ4v) is 3.93. The number of benzene rings is 2. The zero-order chi connectivity index (χ0) is 25.6. The van der Waals surface area contributed by atoms with Crippen LogP contribution in [0.2, 0.25) is 0 Å². The molecule has 0 radical (unpaired) electrons. The smallest absolute Gasteiger partial charge is 0.397 e. The van der Waals surface area contributed by atoms with E-state index in [0.717, 1.165) is 6.92 Å². The van der Waals surface area contributed by atoms with Gasteiger partial charge in [0.25, 0.3) is 0 Å². The zero-order valence-corrected chi connectivity index (χ0v) is 19.2. The van der Waals surface area contributed by atoms with Crippen LogP contribution in [0.15, 0.2) is 60.7 Å². The summed E-state index contributed by atoms with van der Waals surface area (Å²) in [6.07, 6.45) is -6.86. The highest BCUT2D eigenvalue weighted by molar-refractivity contribution is 7.80. The average Bonchev–Trinajstić information content (AvgIpc) is 2.81. The molecule has 0 spiro atoms. The summed E-state index contributed by atoms with van der Waals surface area (Å²) >= 11 is 0. The zero-order valence-electron chi connectivity index (χ0n) is 18.3. The molecule has 188 valence electrons. The van der Waals surface area contributed by atoms with Crippen LogP contribution in [0, 0.1) is 0 Å². The van der Waals surface area contributed by atoms with Gasteiger partial charge in [-0.3, -0.25) is 9.35 Å². The second-order valence-electron chi connectivity index (χ2n) is 7.48. The van der Waals surface area contributed by atoms with Gasteiger partial charge in [-0.1, -0.05) is 36.4 Å². The van der Waals surface area contributed by atoms with E-state index in [1.54, 1.807) is 36.4 Å². The van der Waals surface area contributed by atoms with Crippen molar-refractivity contribution in [3.8, 4) is 0 Å². The first-order valence-electron chi connectivity index (χ1n) is 10.3. The Bertz CT molecular complexity index is 1140. The van der Waals surface area contributed by atoms with Crippen LogP contribution in [0.1, 0.15) is 27.6 Å². The second-order valence-corrected chi connectivity index (χ2v) is 8.53. The van der Waals surface area contributed by atoms with E-state index in [-0.39, 0.29) is 11.1 Å². The molecule has 1 heterocycles. The Morgan fingerprint density at radius 3 is 2.00 bits per heavy atom. The van der Waals surface area contributed by atoms with Crippen molar-refractivity contribution >= 4 is 28.2 Å². The Labute approximate surface area is 200 Å². The maximum Gasteiger partial charge on any atom is 0.397 e. The fourth-order valence-electron chi connectivity index (χ4n) is 3.42. The van der Waals surface area contributed by atoms with E-state index in [1.807, 2.05) is 0 Å². The van der Waals surface area contributed by atoms with E-state index in [2.05, 4.69) is 5.32 Å². The minimum Gasteiger partial charge on any atom is -0.459 e. The van der Waals surface area contributed by atoms with Crippen molar-refractivity contribution in [2.24, 2.45) is 0 Å². The molecular formula is C22H23NO11S. The predicted molar refractivity (Wildman–Crippen MR) is 117 cm³/mol. The molecule has 5 atom stereocenters. The van der Waals surface area contributed by atoms with Gasteiger partial charge in [-0.15, -0.1) is 0 Å². The highest BCUT2D eigenvalue weighted by atomic mass is 32.3. The number of hydrogen-bond donors (Lipinski definition) is 3. The SMILES string of the molecule is CC(=O)N[C@@H]1[C@@H](OC(=O)c2ccccc2)[C@@H](OS(=O)(=O)O)[C@@H](COC(=O)c2ccccc2)O[C@H]1O. The van der Waals surface area contributed by atoms with Crippen LogP contribution < -0.4 is 5.32 Å². The third-order valence-corrected chi connectivity index (χ3v) is 5.37. The van der Waals surface area contributed by atoms with Gasteiger partial charge < -0.3 is 24.6 Å². The first-order chi connectivity index (χ1) is 16.5. The molecule has 1 amide bonds. The number of rotatable bonds is 8. The number of carbonyl (C=O) groups excluding carboxylic acids is 3. The minimum absolute atomic E-state index is 0.0766. The molecule has 1 fully saturated rings. The lowest BCUT2D eigenvalue weighted by Gasteiger charge is -2.43. The summed E-state index contributed by atoms with van der Waals surface area (Å²) in [6, 6.07) is 13.9. The van der Waals surface area contributed by atoms with Gasteiger partial charge >= 0.3 is 22.3 Å². The molecule has 3 N–H and O–H groups in total. The number of aliphatic hydroxyl groups excluding tert-OH is 1. The molecule has 0 aliphatic carbocycles. The van der Waals surface area contributed by atoms with Crippen LogP contribution in [0.5, 0.6) is 0 Å². The number of esters is 2. The first kappa shape index (κ1) is 26.2. The highest BCUT2D eigenvalue weighted by Gasteiger charge is 2.51. The van der Waals surface area contributed by atoms with Crippen molar-refractivity contribution in [3.05, 3.63) is 71.8 Å². The highest BCUT2D eigenvalue weighted by Crippen LogP contribution is 2.28. The fraction of sp³-hybridized carbons (Fsp3) is 0.318. The monoisotopic (exact) mass is 509 g/mol. The molecule has 0 saturated carbocycles. The Kier molecular flexibility index (Phi) is 8.53. The molecule has 1 aliphatic rings. The number of amides is 1. The lowest BCUT2D eigenvalue weighted by atomic mass is 9.96. The third kappa shape index (κ3) is 7.31. The summed E-state index contributed by atoms with van der Waals surface area (Å²) in [6.45, 7) is 0.451. The normalized spacial score (nSPS) is 24.3. The first-order valence-corrected chi connectivity index (χ1v) is 11.7. The van der Waals surface area contributed by atoms with Crippen LogP contribution in [-0.2, 0) is 33.6 Å². The molecular weight excluding hydrogens is 486 g/mol. The Morgan fingerprint density at radius 2 is 1.49 bits per heavy atom. The van der Waals surface area contributed by atoms with Crippen molar-refractivity contribution in [3.63, 3.8) is 0 Å². The third-order valence-electron chi connectivity index (χ3n) is 4.91. The van der Waals surface area contributed by atoms with Gasteiger partial charge in [0.2, 0.25) is 5.91 Å². The van der Waals surface area contributed by atoms with Crippen molar-refractivity contribution in [1.82, 2.24) is 5.32 Å². The van der Waals surface area contributed by atoms with Crippen molar-refractivity contribution in [2.75, 3.05) is 6.61 Å². The van der Waals surface area contributed by atoms with E-state index in [9.17, 15) is 32.5 Å². The lowest BCUT2D eigenvalue weighted by molar-refractivity contribution is -0.248. The number of nitrogens with one attached hydrogen (secondary N) is 1. The van der Waals surface area contributed by atoms with Crippen LogP contribution in [-0.4, -0.2) is 73.2 Å². The number of aliphatic hydroxyl groups is 1. The summed E-state index contributed by atoms with van der Waals surface area (Å²) < 4.78 is 53.1. The second kappa shape index (κ2) is 11.4. The van der Waals surface area contributed by atoms with Gasteiger partial charge in [0, 0.05) is 6.92 Å². The number of ether oxygens (including phenoxy) is 3. The Hall–Kier alpha value is -3.36. The molecule has 13 heteroatoms. The quantitative estimate of drug-likeness (QED) is 0.333. The summed E-state index contributed by atoms with van der Waals surface area (Å²) in [4.78, 5) is 36.7. The largest absolute Gasteiger partial charge is 0.459 e. The molecule has 1 saturated heterocycles. The minimum atomic E-state index is -5.16. The molecule has 35 heavy (non-hydrogen) atoms. The molecule has 1 aliphatic heterocycles. The van der Waals surface area contributed by atoms with E-state index in [0.29, 0.717) is 0 Å². The molecule has 2 aromatic carbocycles. The molecule has 0 unspecified atom stereocenters. The van der Waals surface area contributed by atoms with Gasteiger partial charge in [-0.25, -0.2) is 13.8 Å². The molecule has 0 aromatic heterocycles. The summed E-state index contributed by atoms with van der Waals surface area (Å²) in [5, 5.41) is 12.8. The molecule has 3 rings (SSSR count). The lowest BCUT2D eigenvalue weighted by Crippen LogP contribution is -2.66. The predicted octanol–water partition coefficient (Wildman–Crippen LogP) is 0.479. The van der Waals surface area contributed by atoms with Crippen LogP contribution in [0.3, 0.4) is 0 Å². The maximum atomic E-state index is 12.7. The van der Waals surface area contributed by atoms with E-state index in [4.69, 9.17) is 18.4 Å². The molecule has 12 nitrogen and oxygen atoms in total. The van der Waals surface area contributed by atoms with Gasteiger partial charge in [0.15, 0.2) is 12.4 Å². The number of hydrogen-bond acceptors (Lipinski definition) is 10. The van der Waals surface area contributed by atoms with E-state index >= 15 is 0 Å². The van der Waals surface area contributed by atoms with E-state index < -0.39 is 65.5 Å². The van der Waals surface area contributed by atoms with Crippen LogP contribution >= 0.6 is 0 Å². The van der Waals surface area contributed by atoms with E-state index in [1.165, 1.54) is 24.3 Å². The van der Waals surface area contributed by atoms with Gasteiger partial charge in [-0.05, 0) is 24.3 Å². The van der Waals surface area contributed by atoms with Crippen LogP contribution in [0.25, 0.3) is 0 Å². The Balaban J connectivity index is 1.90. The van der Waals surface area contributed by atoms with Crippen molar-refractivity contribution in [1.29, 1.82) is 0 Å². The van der Waals surface area contributed by atoms with Crippen molar-refractivity contribution < 1.29 is 50.9 Å². The standard InChI is InChI=1S/C22H23NO11S/c1-13(24)23-17-19(33-21(26)15-10-6-3-7-11-15)18(34-35(28,29)30)16(32-22(17)27)12-31-20(25)14-8-4-2-5-9-14/h2-11,16-19,22,27H,12H2,1H3,(H,23,24)(H,28,29,30)/t16-,17-,18+,19-,22-/m1/s1. The molecule has 2 aromatic rings. The van der Waals surface area contributed by atoms with Gasteiger partial charge in [0.1, 0.15) is 24.9 Å². The average molecular weight is 509 g/mol. The van der Waals surface area contributed by atoms with Gasteiger partial charge in [-0.2, -0.15) is 8.42 Å². The van der Waals surface area contributed by atoms with Crippen molar-refractivity contribution in [2.45, 2.75) is 37.6 Å². The topological polar surface area (TPSA) is 175 Å². The summed E-state index contributed by atoms with van der Waals surface area (Å²) in [7, 11) is -5.16. The summed E-state index contributed by atoms with van der Waals surface area (Å²) in [5.41, 5.74) is 0.256. The number of carbonyl (C=O) groups is 3. The van der Waals surface area contributed by atoms with Gasteiger partial charge in [0.05, 0.1) is 11.1 Å². The maximum absolute atomic E-state index is 12.7. The summed E-state index contributed by atoms with van der Waals surface area (Å²) in [5.74, 6) is -2.40. The molecule has 0 bridgehead atoms. The Morgan fingerprint density at radius 1 is 0.943 bits per heavy atom. The van der Waals surface area contributed by atoms with Crippen LogP contribution in [0.4, 0.5) is 0 Å².